The van der Waals surface area contributed by atoms with Crippen molar-refractivity contribution < 1.29 is 0 Å². The smallest absolute Gasteiger partial charge is 0.0280 e. The number of nitrogens with one attached hydrogen (secondary N) is 1. The minimum atomic E-state index is 0.304. The van der Waals surface area contributed by atoms with Crippen molar-refractivity contribution in [3.63, 3.8) is 0 Å². The zero-order valence-corrected chi connectivity index (χ0v) is 9.72. The van der Waals surface area contributed by atoms with Gasteiger partial charge in [0.25, 0.3) is 0 Å². The minimum Gasteiger partial charge on any atom is -0.315 e. The van der Waals surface area contributed by atoms with E-state index < -0.39 is 0 Å². The number of nitrogens with zero attached hydrogens (tertiary/aromatic N) is 1. The van der Waals surface area contributed by atoms with Gasteiger partial charge in [-0.1, -0.05) is 6.92 Å². The van der Waals surface area contributed by atoms with Crippen molar-refractivity contribution >= 4 is 0 Å². The fraction of sp³-hybridized carbons (Fsp3) is 1.00. The van der Waals surface area contributed by atoms with Crippen LogP contribution in [0.2, 0.25) is 0 Å². The lowest BCUT2D eigenvalue weighted by atomic mass is 10.0. The van der Waals surface area contributed by atoms with Crippen LogP contribution in [0.1, 0.15) is 34.6 Å². The molecule has 1 fully saturated rings. The summed E-state index contributed by atoms with van der Waals surface area (Å²) in [6.45, 7) is 15.1. The molecular weight excluding hydrogens is 160 g/mol. The molecule has 0 aromatic heterocycles. The van der Waals surface area contributed by atoms with Gasteiger partial charge in [-0.2, -0.15) is 0 Å². The summed E-state index contributed by atoms with van der Waals surface area (Å²) in [4.78, 5) is 2.61. The molecule has 0 aromatic carbocycles. The Morgan fingerprint density at radius 2 is 2.00 bits per heavy atom. The van der Waals surface area contributed by atoms with Gasteiger partial charge in [-0.3, -0.25) is 4.90 Å². The largest absolute Gasteiger partial charge is 0.315 e. The zero-order valence-electron chi connectivity index (χ0n) is 9.72. The lowest BCUT2D eigenvalue weighted by molar-refractivity contribution is 0.0866. The van der Waals surface area contributed by atoms with E-state index in [4.69, 9.17) is 0 Å². The summed E-state index contributed by atoms with van der Waals surface area (Å²) in [5.74, 6) is 0.768. The molecule has 1 rings (SSSR count). The highest BCUT2D eigenvalue weighted by molar-refractivity contribution is 4.89. The van der Waals surface area contributed by atoms with Crippen LogP contribution in [-0.2, 0) is 0 Å². The summed E-state index contributed by atoms with van der Waals surface area (Å²) in [7, 11) is 0. The second-order valence-electron chi connectivity index (χ2n) is 5.29. The maximum absolute atomic E-state index is 3.53. The topological polar surface area (TPSA) is 15.3 Å². The van der Waals surface area contributed by atoms with Gasteiger partial charge in [-0.25, -0.2) is 0 Å². The van der Waals surface area contributed by atoms with Gasteiger partial charge in [0.2, 0.25) is 0 Å². The molecule has 1 aliphatic heterocycles. The standard InChI is InChI=1S/C11H24N2/c1-9(2)13-7-10(3)6-12-8-11(13,4)5/h9-10,12H,6-8H2,1-5H3. The molecule has 2 nitrogen and oxygen atoms in total. The first kappa shape index (κ1) is 11.0. The van der Waals surface area contributed by atoms with Crippen LogP contribution in [0, 0.1) is 5.92 Å². The first-order valence-corrected chi connectivity index (χ1v) is 5.41. The van der Waals surface area contributed by atoms with Gasteiger partial charge >= 0.3 is 0 Å². The Bertz CT molecular complexity index is 163. The first-order valence-electron chi connectivity index (χ1n) is 5.41. The SMILES string of the molecule is CC1CNCC(C)(C)N(C(C)C)C1. The predicted octanol–water partition coefficient (Wildman–Crippen LogP) is 1.71. The quantitative estimate of drug-likeness (QED) is 0.667. The summed E-state index contributed by atoms with van der Waals surface area (Å²) >= 11 is 0. The van der Waals surface area contributed by atoms with E-state index in [-0.39, 0.29) is 0 Å². The third-order valence-electron chi connectivity index (χ3n) is 2.96. The molecule has 0 bridgehead atoms. The van der Waals surface area contributed by atoms with E-state index in [1.807, 2.05) is 0 Å². The van der Waals surface area contributed by atoms with Gasteiger partial charge in [0.15, 0.2) is 0 Å². The molecule has 1 heterocycles. The van der Waals surface area contributed by atoms with Crippen molar-refractivity contribution in [2.45, 2.75) is 46.2 Å². The van der Waals surface area contributed by atoms with Gasteiger partial charge in [0.1, 0.15) is 0 Å². The summed E-state index contributed by atoms with van der Waals surface area (Å²) in [5, 5.41) is 3.53. The molecule has 1 unspecified atom stereocenters. The number of hydrogen-bond acceptors (Lipinski definition) is 2. The number of hydrogen-bond donors (Lipinski definition) is 1. The van der Waals surface area contributed by atoms with Crippen molar-refractivity contribution in [2.75, 3.05) is 19.6 Å². The highest BCUT2D eigenvalue weighted by Crippen LogP contribution is 2.21. The van der Waals surface area contributed by atoms with Crippen molar-refractivity contribution in [2.24, 2.45) is 5.92 Å². The fourth-order valence-electron chi connectivity index (χ4n) is 2.28. The maximum Gasteiger partial charge on any atom is 0.0280 e. The van der Waals surface area contributed by atoms with E-state index >= 15 is 0 Å². The van der Waals surface area contributed by atoms with E-state index in [1.54, 1.807) is 0 Å². The molecular formula is C11H24N2. The third-order valence-corrected chi connectivity index (χ3v) is 2.96. The highest BCUT2D eigenvalue weighted by Gasteiger charge is 2.31. The summed E-state index contributed by atoms with van der Waals surface area (Å²) in [6, 6.07) is 0.650. The molecule has 0 aromatic rings. The normalized spacial score (nSPS) is 30.5. The predicted molar refractivity (Wildman–Crippen MR) is 58.0 cm³/mol. The molecule has 0 saturated carbocycles. The van der Waals surface area contributed by atoms with E-state index in [0.717, 1.165) is 19.0 Å². The number of rotatable bonds is 1. The fourth-order valence-corrected chi connectivity index (χ4v) is 2.28. The Morgan fingerprint density at radius 3 is 2.54 bits per heavy atom. The van der Waals surface area contributed by atoms with E-state index in [9.17, 15) is 0 Å². The molecule has 2 heteroatoms. The van der Waals surface area contributed by atoms with Crippen LogP contribution in [0.3, 0.4) is 0 Å². The van der Waals surface area contributed by atoms with Crippen LogP contribution in [0.4, 0.5) is 0 Å². The summed E-state index contributed by atoms with van der Waals surface area (Å²) < 4.78 is 0. The monoisotopic (exact) mass is 184 g/mol. The van der Waals surface area contributed by atoms with Crippen LogP contribution in [-0.4, -0.2) is 36.1 Å². The van der Waals surface area contributed by atoms with Crippen molar-refractivity contribution in [3.05, 3.63) is 0 Å². The van der Waals surface area contributed by atoms with Crippen LogP contribution in [0.15, 0.2) is 0 Å². The Balaban J connectivity index is 2.72. The molecule has 1 atom stereocenters. The zero-order chi connectivity index (χ0) is 10.1. The molecule has 1 saturated heterocycles. The molecule has 1 N–H and O–H groups in total. The second kappa shape index (κ2) is 3.97. The Hall–Kier alpha value is -0.0800. The van der Waals surface area contributed by atoms with Crippen molar-refractivity contribution in [1.82, 2.24) is 10.2 Å². The minimum absolute atomic E-state index is 0.304. The molecule has 13 heavy (non-hydrogen) atoms. The third kappa shape index (κ3) is 2.68. The summed E-state index contributed by atoms with van der Waals surface area (Å²) in [6.07, 6.45) is 0. The Morgan fingerprint density at radius 1 is 1.38 bits per heavy atom. The molecule has 0 amide bonds. The Labute approximate surface area is 82.7 Å². The van der Waals surface area contributed by atoms with E-state index in [1.165, 1.54) is 6.54 Å². The molecule has 0 spiro atoms. The molecule has 0 aliphatic carbocycles. The van der Waals surface area contributed by atoms with Crippen molar-refractivity contribution in [3.8, 4) is 0 Å². The van der Waals surface area contributed by atoms with Gasteiger partial charge in [0, 0.05) is 24.7 Å². The van der Waals surface area contributed by atoms with Gasteiger partial charge in [0.05, 0.1) is 0 Å². The summed E-state index contributed by atoms with van der Waals surface area (Å²) in [5.41, 5.74) is 0.304. The molecule has 1 aliphatic rings. The molecule has 78 valence electrons. The van der Waals surface area contributed by atoms with E-state index in [0.29, 0.717) is 11.6 Å². The average Bonchev–Trinajstić information content (AvgIpc) is 2.10. The average molecular weight is 184 g/mol. The molecule has 0 radical (unpaired) electrons. The van der Waals surface area contributed by atoms with E-state index in [2.05, 4.69) is 44.8 Å². The van der Waals surface area contributed by atoms with Crippen LogP contribution < -0.4 is 5.32 Å². The Kier molecular flexibility index (Phi) is 3.36. The lowest BCUT2D eigenvalue weighted by Gasteiger charge is -2.40. The van der Waals surface area contributed by atoms with Crippen molar-refractivity contribution in [1.29, 1.82) is 0 Å². The van der Waals surface area contributed by atoms with Crippen LogP contribution in [0.5, 0.6) is 0 Å². The van der Waals surface area contributed by atoms with Gasteiger partial charge in [-0.05, 0) is 40.2 Å². The van der Waals surface area contributed by atoms with Crippen LogP contribution in [0.25, 0.3) is 0 Å². The van der Waals surface area contributed by atoms with Gasteiger partial charge < -0.3 is 5.32 Å². The lowest BCUT2D eigenvalue weighted by Crippen LogP contribution is -2.51. The van der Waals surface area contributed by atoms with Crippen LogP contribution >= 0.6 is 0 Å². The van der Waals surface area contributed by atoms with Gasteiger partial charge in [-0.15, -0.1) is 0 Å². The maximum atomic E-state index is 3.53. The second-order valence-corrected chi connectivity index (χ2v) is 5.29. The first-order chi connectivity index (χ1) is 5.93. The highest BCUT2D eigenvalue weighted by atomic mass is 15.2.